The van der Waals surface area contributed by atoms with Crippen molar-refractivity contribution in [2.45, 2.75) is 24.7 Å². The molecule has 0 aliphatic carbocycles. The van der Waals surface area contributed by atoms with Gasteiger partial charge in [-0.25, -0.2) is 12.8 Å². The number of carbonyl (C=O) groups is 1. The van der Waals surface area contributed by atoms with Gasteiger partial charge in [0.15, 0.2) is 0 Å². The Bertz CT molecular complexity index is 1050. The molecular formula is C18H18FN3O5S. The summed E-state index contributed by atoms with van der Waals surface area (Å²) >= 11 is 0. The normalized spacial score (nSPS) is 14.8. The van der Waals surface area contributed by atoms with Crippen LogP contribution in [0.2, 0.25) is 0 Å². The number of benzene rings is 2. The first-order valence-corrected chi connectivity index (χ1v) is 10.0. The maximum Gasteiger partial charge on any atom is 0.271 e. The number of amides is 1. The molecule has 2 aromatic carbocycles. The number of nitro groups is 1. The van der Waals surface area contributed by atoms with Gasteiger partial charge in [-0.1, -0.05) is 6.07 Å². The third-order valence-corrected chi connectivity index (χ3v) is 6.47. The van der Waals surface area contributed by atoms with Crippen molar-refractivity contribution in [2.24, 2.45) is 0 Å². The summed E-state index contributed by atoms with van der Waals surface area (Å²) in [7, 11) is -4.04. The van der Waals surface area contributed by atoms with Gasteiger partial charge < -0.3 is 5.32 Å². The molecule has 0 aromatic heterocycles. The van der Waals surface area contributed by atoms with Gasteiger partial charge in [0, 0.05) is 30.8 Å². The third kappa shape index (κ3) is 3.87. The van der Waals surface area contributed by atoms with Gasteiger partial charge in [-0.3, -0.25) is 14.9 Å². The van der Waals surface area contributed by atoms with E-state index >= 15 is 0 Å². The van der Waals surface area contributed by atoms with Gasteiger partial charge in [0.1, 0.15) is 10.7 Å². The number of sulfonamides is 1. The van der Waals surface area contributed by atoms with Crippen molar-refractivity contribution in [3.05, 3.63) is 63.5 Å². The number of non-ortho nitro benzene ring substituents is 1. The van der Waals surface area contributed by atoms with Crippen LogP contribution in [0, 0.1) is 22.9 Å². The topological polar surface area (TPSA) is 110 Å². The fraction of sp³-hybridized carbons (Fsp3) is 0.278. The molecular weight excluding hydrogens is 389 g/mol. The summed E-state index contributed by atoms with van der Waals surface area (Å²) in [5.74, 6) is -1.63. The molecule has 1 heterocycles. The summed E-state index contributed by atoms with van der Waals surface area (Å²) in [5, 5.41) is 13.4. The summed E-state index contributed by atoms with van der Waals surface area (Å²) in [4.78, 5) is 22.3. The number of aryl methyl sites for hydroxylation is 1. The number of rotatable bonds is 5. The smallest absolute Gasteiger partial charge is 0.271 e. The number of nitro benzene ring substituents is 1. The lowest BCUT2D eigenvalue weighted by atomic mass is 10.1. The lowest BCUT2D eigenvalue weighted by Crippen LogP contribution is -2.29. The number of carbonyl (C=O) groups excluding carboxylic acids is 1. The largest absolute Gasteiger partial charge is 0.321 e. The summed E-state index contributed by atoms with van der Waals surface area (Å²) in [6.45, 7) is 2.28. The van der Waals surface area contributed by atoms with Gasteiger partial charge >= 0.3 is 0 Å². The van der Waals surface area contributed by atoms with Gasteiger partial charge in [-0.2, -0.15) is 4.31 Å². The predicted molar refractivity (Wildman–Crippen MR) is 100 cm³/mol. The zero-order valence-corrected chi connectivity index (χ0v) is 15.8. The number of hydrogen-bond acceptors (Lipinski definition) is 5. The van der Waals surface area contributed by atoms with Crippen molar-refractivity contribution >= 4 is 27.3 Å². The molecule has 10 heteroatoms. The summed E-state index contributed by atoms with van der Waals surface area (Å²) < 4.78 is 40.7. The molecule has 1 saturated heterocycles. The molecule has 0 unspecified atom stereocenters. The molecule has 3 rings (SSSR count). The minimum absolute atomic E-state index is 0.0647. The molecule has 0 spiro atoms. The lowest BCUT2D eigenvalue weighted by molar-refractivity contribution is -0.384. The SMILES string of the molecule is Cc1ccc([N+](=O)[O-])cc1NC(=O)c1ccc(F)c(S(=O)(=O)N2CCCC2)c1. The number of nitrogens with one attached hydrogen (secondary N) is 1. The van der Waals surface area contributed by atoms with Crippen LogP contribution in [0.3, 0.4) is 0 Å². The molecule has 28 heavy (non-hydrogen) atoms. The van der Waals surface area contributed by atoms with Crippen LogP contribution in [0.4, 0.5) is 15.8 Å². The van der Waals surface area contributed by atoms with Crippen LogP contribution < -0.4 is 5.32 Å². The van der Waals surface area contributed by atoms with E-state index in [-0.39, 0.29) is 16.9 Å². The van der Waals surface area contributed by atoms with Crippen LogP contribution in [0.25, 0.3) is 0 Å². The first-order chi connectivity index (χ1) is 13.2. The highest BCUT2D eigenvalue weighted by atomic mass is 32.2. The second kappa shape index (κ2) is 7.64. The Balaban J connectivity index is 1.91. The minimum Gasteiger partial charge on any atom is -0.321 e. The van der Waals surface area contributed by atoms with Crippen LogP contribution in [-0.2, 0) is 10.0 Å². The average molecular weight is 407 g/mol. The summed E-state index contributed by atoms with van der Waals surface area (Å²) in [6, 6.07) is 7.09. The van der Waals surface area contributed by atoms with E-state index in [1.54, 1.807) is 6.92 Å². The quantitative estimate of drug-likeness (QED) is 0.605. The highest BCUT2D eigenvalue weighted by Gasteiger charge is 2.30. The van der Waals surface area contributed by atoms with Gasteiger partial charge in [-0.15, -0.1) is 0 Å². The van der Waals surface area contributed by atoms with Gasteiger partial charge in [0.25, 0.3) is 11.6 Å². The standard InChI is InChI=1S/C18H18FN3O5S/c1-12-4-6-14(22(24)25)11-16(12)20-18(23)13-5-7-15(19)17(10-13)28(26,27)21-8-2-3-9-21/h4-7,10-11H,2-3,8-9H2,1H3,(H,20,23). The predicted octanol–water partition coefficient (Wildman–Crippen LogP) is 3.08. The first kappa shape index (κ1) is 19.9. The zero-order valence-electron chi connectivity index (χ0n) is 15.0. The number of nitrogens with zero attached hydrogens (tertiary/aromatic N) is 2. The zero-order chi connectivity index (χ0) is 20.5. The fourth-order valence-electron chi connectivity index (χ4n) is 2.96. The number of hydrogen-bond donors (Lipinski definition) is 1. The Morgan fingerprint density at radius 3 is 2.50 bits per heavy atom. The monoisotopic (exact) mass is 407 g/mol. The van der Waals surface area contributed by atoms with Crippen LogP contribution in [0.1, 0.15) is 28.8 Å². The van der Waals surface area contributed by atoms with E-state index < -0.39 is 31.6 Å². The molecule has 1 amide bonds. The molecule has 2 aromatic rings. The van der Waals surface area contributed by atoms with Crippen molar-refractivity contribution in [1.29, 1.82) is 0 Å². The maximum absolute atomic E-state index is 14.2. The van der Waals surface area contributed by atoms with Gasteiger partial charge in [0.2, 0.25) is 10.0 Å². The molecule has 1 fully saturated rings. The van der Waals surface area contributed by atoms with Gasteiger partial charge in [-0.05, 0) is 43.5 Å². The number of anilines is 1. The van der Waals surface area contributed by atoms with Crippen molar-refractivity contribution in [2.75, 3.05) is 18.4 Å². The van der Waals surface area contributed by atoms with E-state index in [1.165, 1.54) is 28.6 Å². The number of halogens is 1. The van der Waals surface area contributed by atoms with E-state index in [1.807, 2.05) is 0 Å². The molecule has 8 nitrogen and oxygen atoms in total. The highest BCUT2D eigenvalue weighted by Crippen LogP contribution is 2.26. The van der Waals surface area contributed by atoms with Crippen LogP contribution >= 0.6 is 0 Å². The molecule has 0 atom stereocenters. The van der Waals surface area contributed by atoms with Crippen LogP contribution in [-0.4, -0.2) is 36.6 Å². The second-order valence-corrected chi connectivity index (χ2v) is 8.37. The van der Waals surface area contributed by atoms with E-state index in [2.05, 4.69) is 5.32 Å². The highest BCUT2D eigenvalue weighted by molar-refractivity contribution is 7.89. The molecule has 0 radical (unpaired) electrons. The Kier molecular flexibility index (Phi) is 5.43. The Labute approximate surface area is 161 Å². The maximum atomic E-state index is 14.2. The average Bonchev–Trinajstić information content (AvgIpc) is 3.19. The summed E-state index contributed by atoms with van der Waals surface area (Å²) in [5.41, 5.74) is 0.542. The molecule has 148 valence electrons. The van der Waals surface area contributed by atoms with E-state index in [0.29, 0.717) is 31.5 Å². The van der Waals surface area contributed by atoms with E-state index in [9.17, 15) is 27.7 Å². The van der Waals surface area contributed by atoms with Crippen molar-refractivity contribution in [3.63, 3.8) is 0 Å². The third-order valence-electron chi connectivity index (χ3n) is 4.56. The van der Waals surface area contributed by atoms with Crippen molar-refractivity contribution in [3.8, 4) is 0 Å². The van der Waals surface area contributed by atoms with E-state index in [0.717, 1.165) is 12.1 Å². The minimum atomic E-state index is -4.04. The second-order valence-electron chi connectivity index (χ2n) is 6.47. The Hall–Kier alpha value is -2.85. The molecule has 1 N–H and O–H groups in total. The Morgan fingerprint density at radius 2 is 1.86 bits per heavy atom. The molecule has 1 aliphatic rings. The van der Waals surface area contributed by atoms with E-state index in [4.69, 9.17) is 0 Å². The van der Waals surface area contributed by atoms with Gasteiger partial charge in [0.05, 0.1) is 10.6 Å². The molecule has 0 bridgehead atoms. The Morgan fingerprint density at radius 1 is 1.18 bits per heavy atom. The lowest BCUT2D eigenvalue weighted by Gasteiger charge is -2.16. The van der Waals surface area contributed by atoms with Crippen molar-refractivity contribution < 1.29 is 22.5 Å². The van der Waals surface area contributed by atoms with Crippen molar-refractivity contribution in [1.82, 2.24) is 4.31 Å². The molecule has 1 aliphatic heterocycles. The first-order valence-electron chi connectivity index (χ1n) is 8.56. The summed E-state index contributed by atoms with van der Waals surface area (Å²) in [6.07, 6.45) is 1.40. The van der Waals surface area contributed by atoms with Crippen LogP contribution in [0.15, 0.2) is 41.3 Å². The van der Waals surface area contributed by atoms with Crippen LogP contribution in [0.5, 0.6) is 0 Å². The fourth-order valence-corrected chi connectivity index (χ4v) is 4.57. The molecule has 0 saturated carbocycles.